The molecule has 0 heterocycles. The molecule has 0 aromatic heterocycles. The summed E-state index contributed by atoms with van der Waals surface area (Å²) >= 11 is 0. The highest BCUT2D eigenvalue weighted by molar-refractivity contribution is 5.84. The van der Waals surface area contributed by atoms with Crippen LogP contribution in [0.1, 0.15) is 57.3 Å². The number of nitrogens with zero attached hydrogens (tertiary/aromatic N) is 1. The molecule has 0 saturated heterocycles. The highest BCUT2D eigenvalue weighted by Gasteiger charge is 2.20. The standard InChI is InChI=1S/C54H45N/c1-5-20-44(21-6-1)51(45-22-7-2-8-23-45)31-15-18-42-34-38-49(39-35-42)55(54-33-17-29-48-28-13-14-30-53(48)54)50-40-36-43(37-41-50)19-16-32-52(46-24-9-3-10-25-46)47-26-11-4-12-27-47/h1-12,15-27,29,31-41H,13-14,28,30H2. The maximum atomic E-state index is 2.44. The summed E-state index contributed by atoms with van der Waals surface area (Å²) in [6.45, 7) is 0. The number of benzene rings is 7. The fourth-order valence-electron chi connectivity index (χ4n) is 7.57. The van der Waals surface area contributed by atoms with Crippen molar-refractivity contribution >= 4 is 40.4 Å². The third-order valence-electron chi connectivity index (χ3n) is 10.4. The highest BCUT2D eigenvalue weighted by atomic mass is 15.1. The van der Waals surface area contributed by atoms with E-state index in [1.807, 2.05) is 0 Å². The predicted molar refractivity (Wildman–Crippen MR) is 236 cm³/mol. The molecule has 0 saturated carbocycles. The number of hydrogen-bond acceptors (Lipinski definition) is 1. The molecule has 1 nitrogen and oxygen atoms in total. The van der Waals surface area contributed by atoms with Crippen molar-refractivity contribution < 1.29 is 0 Å². The SMILES string of the molecule is C(=Cc1ccc(N(c2ccc(C=CC=C(c3ccccc3)c3ccccc3)cc2)c2cccc3c2CCCC3)cc1)C=C(c1ccccc1)c1ccccc1. The molecule has 55 heavy (non-hydrogen) atoms. The number of fused-ring (bicyclic) bond motifs is 1. The molecule has 8 rings (SSSR count). The Morgan fingerprint density at radius 1 is 0.382 bits per heavy atom. The topological polar surface area (TPSA) is 3.24 Å². The van der Waals surface area contributed by atoms with Gasteiger partial charge >= 0.3 is 0 Å². The Morgan fingerprint density at radius 2 is 0.782 bits per heavy atom. The lowest BCUT2D eigenvalue weighted by Crippen LogP contribution is -2.15. The molecule has 0 radical (unpaired) electrons. The Bertz CT molecular complexity index is 2190. The predicted octanol–water partition coefficient (Wildman–Crippen LogP) is 14.3. The zero-order valence-electron chi connectivity index (χ0n) is 31.1. The molecule has 0 bridgehead atoms. The molecule has 0 spiro atoms. The van der Waals surface area contributed by atoms with Crippen LogP contribution in [0.5, 0.6) is 0 Å². The molecule has 7 aromatic carbocycles. The summed E-state index contributed by atoms with van der Waals surface area (Å²) in [5.41, 5.74) is 16.1. The number of rotatable bonds is 11. The van der Waals surface area contributed by atoms with E-state index in [9.17, 15) is 0 Å². The largest absolute Gasteiger partial charge is 0.310 e. The van der Waals surface area contributed by atoms with E-state index in [2.05, 4.69) is 229 Å². The zero-order chi connectivity index (χ0) is 37.1. The first-order valence-corrected chi connectivity index (χ1v) is 19.4. The summed E-state index contributed by atoms with van der Waals surface area (Å²) in [7, 11) is 0. The molecule has 0 amide bonds. The van der Waals surface area contributed by atoms with Crippen molar-refractivity contribution in [2.24, 2.45) is 0 Å². The molecule has 0 atom stereocenters. The average Bonchev–Trinajstić information content (AvgIpc) is 3.26. The number of hydrogen-bond donors (Lipinski definition) is 0. The van der Waals surface area contributed by atoms with Gasteiger partial charge in [-0.25, -0.2) is 0 Å². The van der Waals surface area contributed by atoms with Crippen LogP contribution >= 0.6 is 0 Å². The smallest absolute Gasteiger partial charge is 0.0496 e. The lowest BCUT2D eigenvalue weighted by Gasteiger charge is -2.30. The van der Waals surface area contributed by atoms with Crippen molar-refractivity contribution in [2.75, 3.05) is 4.90 Å². The lowest BCUT2D eigenvalue weighted by molar-refractivity contribution is 0.686. The molecule has 0 N–H and O–H groups in total. The first kappa shape index (κ1) is 35.3. The molecule has 0 unspecified atom stereocenters. The minimum absolute atomic E-state index is 1.11. The van der Waals surface area contributed by atoms with Crippen molar-refractivity contribution in [3.05, 3.63) is 257 Å². The third kappa shape index (κ3) is 8.59. The summed E-state index contributed by atoms with van der Waals surface area (Å²) < 4.78 is 0. The molecular weight excluding hydrogens is 663 g/mol. The van der Waals surface area contributed by atoms with E-state index in [1.54, 1.807) is 0 Å². The quantitative estimate of drug-likeness (QED) is 0.121. The fourth-order valence-corrected chi connectivity index (χ4v) is 7.57. The van der Waals surface area contributed by atoms with Crippen LogP contribution in [-0.2, 0) is 12.8 Å². The van der Waals surface area contributed by atoms with Gasteiger partial charge in [0.05, 0.1) is 0 Å². The highest BCUT2D eigenvalue weighted by Crippen LogP contribution is 2.40. The van der Waals surface area contributed by atoms with E-state index in [-0.39, 0.29) is 0 Å². The van der Waals surface area contributed by atoms with Crippen molar-refractivity contribution in [1.82, 2.24) is 0 Å². The van der Waals surface area contributed by atoms with Gasteiger partial charge in [-0.3, -0.25) is 0 Å². The van der Waals surface area contributed by atoms with Crippen LogP contribution in [0, 0.1) is 0 Å². The molecule has 0 fully saturated rings. The second-order valence-electron chi connectivity index (χ2n) is 14.0. The van der Waals surface area contributed by atoms with Gasteiger partial charge in [0.1, 0.15) is 0 Å². The lowest BCUT2D eigenvalue weighted by atomic mass is 9.90. The fraction of sp³-hybridized carbons (Fsp3) is 0.0741. The van der Waals surface area contributed by atoms with Gasteiger partial charge in [-0.2, -0.15) is 0 Å². The first-order valence-electron chi connectivity index (χ1n) is 19.4. The number of aryl methyl sites for hydroxylation is 1. The van der Waals surface area contributed by atoms with Crippen LogP contribution in [0.15, 0.2) is 212 Å². The summed E-state index contributed by atoms with van der Waals surface area (Å²) in [4.78, 5) is 2.44. The molecule has 7 aromatic rings. The third-order valence-corrected chi connectivity index (χ3v) is 10.4. The Labute approximate surface area is 326 Å². The van der Waals surface area contributed by atoms with Crippen LogP contribution in [0.2, 0.25) is 0 Å². The van der Waals surface area contributed by atoms with E-state index in [0.29, 0.717) is 0 Å². The number of allylic oxidation sites excluding steroid dienone is 4. The molecule has 0 aliphatic heterocycles. The van der Waals surface area contributed by atoms with E-state index in [0.717, 1.165) is 35.3 Å². The maximum absolute atomic E-state index is 2.44. The molecule has 1 aliphatic rings. The molecular formula is C54H45N. The van der Waals surface area contributed by atoms with Gasteiger partial charge < -0.3 is 4.90 Å². The van der Waals surface area contributed by atoms with Crippen molar-refractivity contribution in [3.8, 4) is 0 Å². The summed E-state index contributed by atoms with van der Waals surface area (Å²) in [6.07, 6.45) is 17.9. The number of anilines is 3. The van der Waals surface area contributed by atoms with E-state index >= 15 is 0 Å². The molecule has 1 heteroatoms. The Hall–Kier alpha value is -6.70. The average molecular weight is 708 g/mol. The Balaban J connectivity index is 1.09. The Morgan fingerprint density at radius 3 is 1.20 bits per heavy atom. The van der Waals surface area contributed by atoms with Gasteiger partial charge in [0.15, 0.2) is 0 Å². The maximum Gasteiger partial charge on any atom is 0.0496 e. The van der Waals surface area contributed by atoms with Crippen LogP contribution in [0.4, 0.5) is 17.1 Å². The van der Waals surface area contributed by atoms with Crippen LogP contribution in [-0.4, -0.2) is 0 Å². The second kappa shape index (κ2) is 17.4. The molecule has 1 aliphatic carbocycles. The zero-order valence-corrected chi connectivity index (χ0v) is 31.1. The second-order valence-corrected chi connectivity index (χ2v) is 14.0. The summed E-state index contributed by atoms with van der Waals surface area (Å²) in [5, 5.41) is 0. The van der Waals surface area contributed by atoms with Crippen LogP contribution in [0.25, 0.3) is 23.3 Å². The summed E-state index contributed by atoms with van der Waals surface area (Å²) in [5.74, 6) is 0. The minimum Gasteiger partial charge on any atom is -0.310 e. The minimum atomic E-state index is 1.11. The Kier molecular flexibility index (Phi) is 11.2. The van der Waals surface area contributed by atoms with Crippen molar-refractivity contribution in [2.45, 2.75) is 25.7 Å². The van der Waals surface area contributed by atoms with Gasteiger partial charge in [-0.15, -0.1) is 0 Å². The van der Waals surface area contributed by atoms with Crippen molar-refractivity contribution in [1.29, 1.82) is 0 Å². The van der Waals surface area contributed by atoms with Crippen LogP contribution < -0.4 is 4.90 Å². The summed E-state index contributed by atoms with van der Waals surface area (Å²) in [6, 6.07) is 67.2. The normalized spacial score (nSPS) is 12.3. The van der Waals surface area contributed by atoms with E-state index in [1.165, 1.54) is 63.1 Å². The van der Waals surface area contributed by atoms with E-state index in [4.69, 9.17) is 0 Å². The molecule has 266 valence electrons. The van der Waals surface area contributed by atoms with Gasteiger partial charge in [0.25, 0.3) is 0 Å². The van der Waals surface area contributed by atoms with Gasteiger partial charge in [0.2, 0.25) is 0 Å². The van der Waals surface area contributed by atoms with E-state index < -0.39 is 0 Å². The van der Waals surface area contributed by atoms with Crippen molar-refractivity contribution in [3.63, 3.8) is 0 Å². The van der Waals surface area contributed by atoms with Gasteiger partial charge in [0, 0.05) is 17.1 Å². The van der Waals surface area contributed by atoms with Gasteiger partial charge in [-0.05, 0) is 112 Å². The first-order chi connectivity index (χ1) is 27.3. The van der Waals surface area contributed by atoms with Gasteiger partial charge in [-0.1, -0.05) is 194 Å². The van der Waals surface area contributed by atoms with Crippen LogP contribution in [0.3, 0.4) is 0 Å². The monoisotopic (exact) mass is 707 g/mol.